The lowest BCUT2D eigenvalue weighted by Crippen LogP contribution is -2.43. The van der Waals surface area contributed by atoms with Crippen molar-refractivity contribution in [2.75, 3.05) is 26.2 Å². The van der Waals surface area contributed by atoms with Crippen molar-refractivity contribution in [1.29, 1.82) is 0 Å². The fourth-order valence-corrected chi connectivity index (χ4v) is 3.49. The maximum atomic E-state index is 12.5. The molecule has 2 aliphatic rings. The average Bonchev–Trinajstić information content (AvgIpc) is 2.74. The Morgan fingerprint density at radius 2 is 1.67 bits per heavy atom. The molecule has 1 N–H and O–H groups in total. The highest BCUT2D eigenvalue weighted by molar-refractivity contribution is 5.77. The van der Waals surface area contributed by atoms with Gasteiger partial charge >= 0.3 is 12.0 Å². The molecule has 2 heterocycles. The lowest BCUT2D eigenvalue weighted by Gasteiger charge is -2.30. The smallest absolute Gasteiger partial charge is 0.320 e. The number of carboxylic acid groups (broad SMARTS) is 1. The zero-order valence-corrected chi connectivity index (χ0v) is 13.5. The van der Waals surface area contributed by atoms with Crippen LogP contribution in [0.25, 0.3) is 0 Å². The Bertz CT molecular complexity index is 403. The van der Waals surface area contributed by atoms with E-state index in [0.29, 0.717) is 30.8 Å². The summed E-state index contributed by atoms with van der Waals surface area (Å²) in [7, 11) is 0. The topological polar surface area (TPSA) is 60.9 Å². The monoisotopic (exact) mass is 296 g/mol. The first kappa shape index (κ1) is 16.1. The molecule has 5 heteroatoms. The van der Waals surface area contributed by atoms with Gasteiger partial charge in [0.2, 0.25) is 0 Å². The number of likely N-dealkylation sites (tertiary alicyclic amines) is 2. The summed E-state index contributed by atoms with van der Waals surface area (Å²) >= 11 is 0. The lowest BCUT2D eigenvalue weighted by atomic mass is 9.77. The Labute approximate surface area is 127 Å². The summed E-state index contributed by atoms with van der Waals surface area (Å²) in [5.74, 6) is -0.516. The van der Waals surface area contributed by atoms with Crippen LogP contribution in [0.5, 0.6) is 0 Å². The number of aliphatic carboxylic acids is 1. The first-order valence-corrected chi connectivity index (χ1v) is 8.05. The molecular weight excluding hydrogens is 268 g/mol. The second-order valence-corrected chi connectivity index (χ2v) is 7.53. The van der Waals surface area contributed by atoms with Gasteiger partial charge in [-0.15, -0.1) is 0 Å². The van der Waals surface area contributed by atoms with Gasteiger partial charge in [-0.1, -0.05) is 20.8 Å². The molecule has 2 fully saturated rings. The van der Waals surface area contributed by atoms with Crippen molar-refractivity contribution in [3.05, 3.63) is 0 Å². The summed E-state index contributed by atoms with van der Waals surface area (Å²) < 4.78 is 0. The zero-order chi connectivity index (χ0) is 15.6. The fraction of sp³-hybridized carbons (Fsp3) is 0.875. The van der Waals surface area contributed by atoms with E-state index in [4.69, 9.17) is 5.11 Å². The average molecular weight is 296 g/mol. The molecule has 0 aliphatic carbocycles. The Morgan fingerprint density at radius 1 is 1.00 bits per heavy atom. The van der Waals surface area contributed by atoms with Crippen molar-refractivity contribution in [1.82, 2.24) is 9.80 Å². The Hall–Kier alpha value is -1.26. The maximum absolute atomic E-state index is 12.5. The van der Waals surface area contributed by atoms with Crippen LogP contribution in [0.3, 0.4) is 0 Å². The molecule has 2 unspecified atom stereocenters. The Kier molecular flexibility index (Phi) is 4.79. The van der Waals surface area contributed by atoms with Crippen LogP contribution in [0.4, 0.5) is 4.79 Å². The summed E-state index contributed by atoms with van der Waals surface area (Å²) in [6.45, 7) is 9.37. The van der Waals surface area contributed by atoms with Gasteiger partial charge < -0.3 is 14.9 Å². The van der Waals surface area contributed by atoms with Gasteiger partial charge in [-0.05, 0) is 37.0 Å². The molecule has 0 bridgehead atoms. The normalized spacial score (nSPS) is 27.6. The fourth-order valence-electron chi connectivity index (χ4n) is 3.49. The second-order valence-electron chi connectivity index (χ2n) is 7.53. The first-order valence-electron chi connectivity index (χ1n) is 8.05. The van der Waals surface area contributed by atoms with Crippen molar-refractivity contribution >= 4 is 12.0 Å². The van der Waals surface area contributed by atoms with Crippen molar-refractivity contribution in [3.63, 3.8) is 0 Å². The van der Waals surface area contributed by atoms with E-state index >= 15 is 0 Å². The van der Waals surface area contributed by atoms with Gasteiger partial charge in [0, 0.05) is 26.2 Å². The summed E-state index contributed by atoms with van der Waals surface area (Å²) in [6, 6.07) is 0.0355. The van der Waals surface area contributed by atoms with Crippen LogP contribution in [-0.4, -0.2) is 53.1 Å². The highest BCUT2D eigenvalue weighted by Crippen LogP contribution is 2.34. The van der Waals surface area contributed by atoms with Gasteiger partial charge in [-0.2, -0.15) is 0 Å². The van der Waals surface area contributed by atoms with Gasteiger partial charge in [0.1, 0.15) is 0 Å². The second kappa shape index (κ2) is 6.24. The predicted molar refractivity (Wildman–Crippen MR) is 81.1 cm³/mol. The summed E-state index contributed by atoms with van der Waals surface area (Å²) in [5, 5.41) is 9.04. The number of carbonyl (C=O) groups is 2. The van der Waals surface area contributed by atoms with E-state index in [1.807, 2.05) is 4.90 Å². The number of carbonyl (C=O) groups excluding carboxylic acids is 1. The SMILES string of the molecule is CC(C)(C)C1CCCN(C(=O)N2CCC(C(=O)O)C2)CC1. The molecular formula is C16H28N2O3. The van der Waals surface area contributed by atoms with E-state index < -0.39 is 5.97 Å². The quantitative estimate of drug-likeness (QED) is 0.809. The summed E-state index contributed by atoms with van der Waals surface area (Å²) in [6.07, 6.45) is 3.85. The molecule has 0 aromatic carbocycles. The molecule has 2 aliphatic heterocycles. The first-order chi connectivity index (χ1) is 9.79. The van der Waals surface area contributed by atoms with Crippen LogP contribution in [-0.2, 0) is 4.79 Å². The molecule has 2 amide bonds. The Balaban J connectivity index is 1.91. The highest BCUT2D eigenvalue weighted by atomic mass is 16.4. The molecule has 0 aromatic rings. The molecule has 2 saturated heterocycles. The van der Waals surface area contributed by atoms with E-state index in [0.717, 1.165) is 25.9 Å². The van der Waals surface area contributed by atoms with Crippen molar-refractivity contribution in [2.24, 2.45) is 17.3 Å². The third kappa shape index (κ3) is 3.89. The van der Waals surface area contributed by atoms with Crippen LogP contribution >= 0.6 is 0 Å². The molecule has 120 valence electrons. The largest absolute Gasteiger partial charge is 0.481 e. The third-order valence-electron chi connectivity index (χ3n) is 5.03. The maximum Gasteiger partial charge on any atom is 0.320 e. The molecule has 5 nitrogen and oxygen atoms in total. The van der Waals surface area contributed by atoms with Gasteiger partial charge in [-0.25, -0.2) is 4.79 Å². The van der Waals surface area contributed by atoms with E-state index in [1.165, 1.54) is 6.42 Å². The highest BCUT2D eigenvalue weighted by Gasteiger charge is 2.34. The predicted octanol–water partition coefficient (Wildman–Crippen LogP) is 2.66. The molecule has 0 radical (unpaired) electrons. The number of urea groups is 1. The molecule has 21 heavy (non-hydrogen) atoms. The van der Waals surface area contributed by atoms with Crippen LogP contribution in [0, 0.1) is 17.3 Å². The number of amides is 2. The summed E-state index contributed by atoms with van der Waals surface area (Å²) in [5.41, 5.74) is 0.293. The van der Waals surface area contributed by atoms with Crippen molar-refractivity contribution in [3.8, 4) is 0 Å². The minimum Gasteiger partial charge on any atom is -0.481 e. The molecule has 0 aromatic heterocycles. The van der Waals surface area contributed by atoms with E-state index in [2.05, 4.69) is 20.8 Å². The standard InChI is InChI=1S/C16H28N2O3/c1-16(2,3)13-5-4-8-17(10-7-13)15(21)18-9-6-12(11-18)14(19)20/h12-13H,4-11H2,1-3H3,(H,19,20). The molecule has 0 saturated carbocycles. The molecule has 0 spiro atoms. The summed E-state index contributed by atoms with van der Waals surface area (Å²) in [4.78, 5) is 27.2. The van der Waals surface area contributed by atoms with Crippen LogP contribution in [0.2, 0.25) is 0 Å². The van der Waals surface area contributed by atoms with E-state index in [9.17, 15) is 9.59 Å². The number of rotatable bonds is 1. The number of nitrogens with zero attached hydrogens (tertiary/aromatic N) is 2. The lowest BCUT2D eigenvalue weighted by molar-refractivity contribution is -0.141. The van der Waals surface area contributed by atoms with E-state index in [1.54, 1.807) is 4.90 Å². The van der Waals surface area contributed by atoms with Gasteiger partial charge in [0.05, 0.1) is 5.92 Å². The number of hydrogen-bond acceptors (Lipinski definition) is 2. The van der Waals surface area contributed by atoms with Gasteiger partial charge in [0.15, 0.2) is 0 Å². The molecule has 2 rings (SSSR count). The van der Waals surface area contributed by atoms with Gasteiger partial charge in [0.25, 0.3) is 0 Å². The van der Waals surface area contributed by atoms with Crippen LogP contribution < -0.4 is 0 Å². The molecule has 2 atom stereocenters. The van der Waals surface area contributed by atoms with Gasteiger partial charge in [-0.3, -0.25) is 4.79 Å². The number of carboxylic acids is 1. The zero-order valence-electron chi connectivity index (χ0n) is 13.5. The van der Waals surface area contributed by atoms with Crippen LogP contribution in [0.15, 0.2) is 0 Å². The van der Waals surface area contributed by atoms with Crippen molar-refractivity contribution in [2.45, 2.75) is 46.5 Å². The van der Waals surface area contributed by atoms with E-state index in [-0.39, 0.29) is 11.9 Å². The minimum absolute atomic E-state index is 0.0355. The Morgan fingerprint density at radius 3 is 2.24 bits per heavy atom. The van der Waals surface area contributed by atoms with Crippen LogP contribution in [0.1, 0.15) is 46.5 Å². The van der Waals surface area contributed by atoms with Crippen molar-refractivity contribution < 1.29 is 14.7 Å². The third-order valence-corrected chi connectivity index (χ3v) is 5.03. The number of hydrogen-bond donors (Lipinski definition) is 1. The minimum atomic E-state index is -0.783.